The van der Waals surface area contributed by atoms with E-state index in [0.29, 0.717) is 17.0 Å². The van der Waals surface area contributed by atoms with Crippen molar-refractivity contribution in [1.82, 2.24) is 0 Å². The number of rotatable bonds is 3. The molecule has 0 aliphatic heterocycles. The Kier molecular flexibility index (Phi) is 4.22. The molecule has 0 radical (unpaired) electrons. The second-order valence-electron chi connectivity index (χ2n) is 6.78. The highest BCUT2D eigenvalue weighted by atomic mass is 35.5. The molecule has 2 rings (SSSR count). The third-order valence-electron chi connectivity index (χ3n) is 4.68. The van der Waals surface area contributed by atoms with Crippen LogP contribution in [0.4, 0.5) is 4.39 Å². The lowest BCUT2D eigenvalue weighted by atomic mass is 9.63. The van der Waals surface area contributed by atoms with E-state index in [2.05, 4.69) is 13.8 Å². The fraction of sp³-hybridized carbons (Fsp3) is 0.625. The summed E-state index contributed by atoms with van der Waals surface area (Å²) in [5.41, 5.74) is 7.62. The molecule has 1 aliphatic rings. The summed E-state index contributed by atoms with van der Waals surface area (Å²) in [5.74, 6) is -0.277. The minimum absolute atomic E-state index is 0.136. The zero-order valence-corrected chi connectivity index (χ0v) is 12.6. The van der Waals surface area contributed by atoms with Gasteiger partial charge in [0.1, 0.15) is 5.82 Å². The van der Waals surface area contributed by atoms with Crippen LogP contribution in [-0.2, 0) is 6.42 Å². The second kappa shape index (κ2) is 5.41. The van der Waals surface area contributed by atoms with Crippen LogP contribution in [0.15, 0.2) is 18.2 Å². The van der Waals surface area contributed by atoms with E-state index in [9.17, 15) is 4.39 Å². The minimum Gasteiger partial charge on any atom is -0.330 e. The predicted octanol–water partition coefficient (Wildman–Crippen LogP) is 4.57. The van der Waals surface area contributed by atoms with Crippen molar-refractivity contribution in [2.75, 3.05) is 6.54 Å². The Balaban J connectivity index is 2.15. The van der Waals surface area contributed by atoms with Gasteiger partial charge in [0, 0.05) is 5.02 Å². The Hall–Kier alpha value is -0.600. The van der Waals surface area contributed by atoms with Gasteiger partial charge in [0.25, 0.3) is 0 Å². The molecule has 0 spiro atoms. The van der Waals surface area contributed by atoms with Gasteiger partial charge in [-0.05, 0) is 67.2 Å². The van der Waals surface area contributed by atoms with Crippen LogP contribution in [0.5, 0.6) is 0 Å². The van der Waals surface area contributed by atoms with E-state index < -0.39 is 0 Å². The Labute approximate surface area is 120 Å². The zero-order valence-electron chi connectivity index (χ0n) is 11.8. The minimum atomic E-state index is -0.277. The first kappa shape index (κ1) is 14.8. The van der Waals surface area contributed by atoms with Gasteiger partial charge in [0.15, 0.2) is 0 Å². The molecule has 1 aromatic rings. The van der Waals surface area contributed by atoms with Crippen LogP contribution in [-0.4, -0.2) is 6.54 Å². The average Bonchev–Trinajstić information content (AvgIpc) is 2.36. The van der Waals surface area contributed by atoms with Crippen LogP contribution in [0.3, 0.4) is 0 Å². The van der Waals surface area contributed by atoms with Crippen LogP contribution >= 0.6 is 11.6 Å². The summed E-state index contributed by atoms with van der Waals surface area (Å²) < 4.78 is 13.1. The number of hydrogen-bond donors (Lipinski definition) is 1. The van der Waals surface area contributed by atoms with Gasteiger partial charge in [0.05, 0.1) is 0 Å². The van der Waals surface area contributed by atoms with Crippen LogP contribution < -0.4 is 5.73 Å². The number of nitrogens with two attached hydrogens (primary N) is 1. The summed E-state index contributed by atoms with van der Waals surface area (Å²) in [5, 5.41) is 0.526. The average molecular weight is 284 g/mol. The Morgan fingerprint density at radius 3 is 2.37 bits per heavy atom. The van der Waals surface area contributed by atoms with Gasteiger partial charge in [-0.2, -0.15) is 0 Å². The molecule has 0 aromatic heterocycles. The number of hydrogen-bond acceptors (Lipinski definition) is 1. The first-order valence-electron chi connectivity index (χ1n) is 7.00. The van der Waals surface area contributed by atoms with E-state index in [1.807, 2.05) is 0 Å². The molecular formula is C16H23ClFN. The van der Waals surface area contributed by atoms with Crippen molar-refractivity contribution in [2.45, 2.75) is 46.0 Å². The number of benzene rings is 1. The molecule has 1 aliphatic carbocycles. The maximum absolute atomic E-state index is 13.1. The molecule has 1 nitrogen and oxygen atoms in total. The third-order valence-corrected chi connectivity index (χ3v) is 5.03. The van der Waals surface area contributed by atoms with Crippen LogP contribution in [0.25, 0.3) is 0 Å². The summed E-state index contributed by atoms with van der Waals surface area (Å²) in [6.07, 6.45) is 5.51. The molecule has 19 heavy (non-hydrogen) atoms. The maximum Gasteiger partial charge on any atom is 0.124 e. The summed E-state index contributed by atoms with van der Waals surface area (Å²) in [7, 11) is 0. The van der Waals surface area contributed by atoms with Crippen molar-refractivity contribution in [1.29, 1.82) is 0 Å². The molecule has 1 aromatic carbocycles. The molecule has 0 amide bonds. The number of halogens is 2. The summed E-state index contributed by atoms with van der Waals surface area (Å²) in [6.45, 7) is 5.31. The largest absolute Gasteiger partial charge is 0.330 e. The van der Waals surface area contributed by atoms with Gasteiger partial charge in [0.2, 0.25) is 0 Å². The topological polar surface area (TPSA) is 26.0 Å². The summed E-state index contributed by atoms with van der Waals surface area (Å²) >= 11 is 6.14. The molecule has 3 heteroatoms. The molecular weight excluding hydrogens is 261 g/mol. The van der Waals surface area contributed by atoms with E-state index in [4.69, 9.17) is 17.3 Å². The first-order valence-corrected chi connectivity index (χ1v) is 7.38. The van der Waals surface area contributed by atoms with E-state index in [0.717, 1.165) is 24.8 Å². The van der Waals surface area contributed by atoms with Crippen molar-refractivity contribution in [3.63, 3.8) is 0 Å². The molecule has 0 heterocycles. The SMILES string of the molecule is CC1(C)CCC(CN)(Cc2ccc(F)cc2Cl)CC1. The monoisotopic (exact) mass is 283 g/mol. The van der Waals surface area contributed by atoms with Crippen LogP contribution in [0, 0.1) is 16.6 Å². The van der Waals surface area contributed by atoms with Crippen molar-refractivity contribution in [2.24, 2.45) is 16.6 Å². The Morgan fingerprint density at radius 2 is 1.84 bits per heavy atom. The lowest BCUT2D eigenvalue weighted by Gasteiger charge is -2.43. The van der Waals surface area contributed by atoms with Crippen molar-refractivity contribution in [3.8, 4) is 0 Å². The summed E-state index contributed by atoms with van der Waals surface area (Å²) in [4.78, 5) is 0. The zero-order chi connectivity index (χ0) is 14.1. The van der Waals surface area contributed by atoms with E-state index in [1.165, 1.54) is 25.0 Å². The van der Waals surface area contributed by atoms with Gasteiger partial charge in [-0.3, -0.25) is 0 Å². The third kappa shape index (κ3) is 3.49. The standard InChI is InChI=1S/C16H23ClFN/c1-15(2)5-7-16(11-19,8-6-15)10-12-3-4-13(18)9-14(12)17/h3-4,9H,5-8,10-11,19H2,1-2H3. The van der Waals surface area contributed by atoms with Gasteiger partial charge >= 0.3 is 0 Å². The van der Waals surface area contributed by atoms with Crippen molar-refractivity contribution in [3.05, 3.63) is 34.6 Å². The molecule has 0 atom stereocenters. The van der Waals surface area contributed by atoms with Crippen LogP contribution in [0.2, 0.25) is 5.02 Å². The van der Waals surface area contributed by atoms with Crippen LogP contribution in [0.1, 0.15) is 45.1 Å². The van der Waals surface area contributed by atoms with Gasteiger partial charge in [-0.15, -0.1) is 0 Å². The highest BCUT2D eigenvalue weighted by Crippen LogP contribution is 2.46. The second-order valence-corrected chi connectivity index (χ2v) is 7.19. The van der Waals surface area contributed by atoms with E-state index in [1.54, 1.807) is 6.07 Å². The fourth-order valence-corrected chi connectivity index (χ4v) is 3.21. The lowest BCUT2D eigenvalue weighted by Crippen LogP contribution is -2.39. The molecule has 2 N–H and O–H groups in total. The first-order chi connectivity index (χ1) is 8.86. The van der Waals surface area contributed by atoms with Gasteiger partial charge in [-0.25, -0.2) is 4.39 Å². The van der Waals surface area contributed by atoms with Gasteiger partial charge < -0.3 is 5.73 Å². The molecule has 0 saturated heterocycles. The quantitative estimate of drug-likeness (QED) is 0.864. The predicted molar refractivity (Wildman–Crippen MR) is 78.9 cm³/mol. The van der Waals surface area contributed by atoms with Crippen molar-refractivity contribution >= 4 is 11.6 Å². The molecule has 1 saturated carbocycles. The summed E-state index contributed by atoms with van der Waals surface area (Å²) in [6, 6.07) is 4.68. The Bertz CT molecular complexity index is 446. The van der Waals surface area contributed by atoms with E-state index in [-0.39, 0.29) is 11.2 Å². The highest BCUT2D eigenvalue weighted by molar-refractivity contribution is 6.31. The molecule has 0 bridgehead atoms. The normalized spacial score (nSPS) is 21.3. The molecule has 0 unspecified atom stereocenters. The Morgan fingerprint density at radius 1 is 1.21 bits per heavy atom. The molecule has 106 valence electrons. The van der Waals surface area contributed by atoms with Crippen molar-refractivity contribution < 1.29 is 4.39 Å². The fourth-order valence-electron chi connectivity index (χ4n) is 2.98. The molecule has 1 fully saturated rings. The maximum atomic E-state index is 13.1. The lowest BCUT2D eigenvalue weighted by molar-refractivity contribution is 0.108. The van der Waals surface area contributed by atoms with Gasteiger partial charge in [-0.1, -0.05) is 31.5 Å². The smallest absolute Gasteiger partial charge is 0.124 e. The van der Waals surface area contributed by atoms with E-state index >= 15 is 0 Å². The highest BCUT2D eigenvalue weighted by Gasteiger charge is 2.37.